The SMILES string of the molecule is CCc1ccccc1OCC(CC)OC(=O)C(C)(C)C. The predicted octanol–water partition coefficient (Wildman–Crippen LogP) is 4.00. The maximum absolute atomic E-state index is 11.9. The van der Waals surface area contributed by atoms with E-state index in [9.17, 15) is 4.79 Å². The molecular formula is C17H26O3. The van der Waals surface area contributed by atoms with Crippen molar-refractivity contribution in [3.63, 3.8) is 0 Å². The van der Waals surface area contributed by atoms with E-state index >= 15 is 0 Å². The van der Waals surface area contributed by atoms with Crippen molar-refractivity contribution in [1.82, 2.24) is 0 Å². The molecule has 0 bridgehead atoms. The minimum absolute atomic E-state index is 0.184. The number of esters is 1. The van der Waals surface area contributed by atoms with Gasteiger partial charge in [-0.15, -0.1) is 0 Å². The first-order chi connectivity index (χ1) is 9.38. The van der Waals surface area contributed by atoms with Crippen LogP contribution < -0.4 is 4.74 Å². The van der Waals surface area contributed by atoms with Crippen molar-refractivity contribution in [2.24, 2.45) is 5.41 Å². The second-order valence-electron chi connectivity index (χ2n) is 5.96. The molecule has 0 saturated carbocycles. The maximum Gasteiger partial charge on any atom is 0.311 e. The Morgan fingerprint density at radius 3 is 2.40 bits per heavy atom. The third kappa shape index (κ3) is 4.87. The first-order valence-corrected chi connectivity index (χ1v) is 7.30. The molecule has 0 fully saturated rings. The third-order valence-electron chi connectivity index (χ3n) is 3.12. The summed E-state index contributed by atoms with van der Waals surface area (Å²) >= 11 is 0. The van der Waals surface area contributed by atoms with Crippen molar-refractivity contribution in [2.75, 3.05) is 6.61 Å². The zero-order valence-electron chi connectivity index (χ0n) is 13.2. The number of carbonyl (C=O) groups excluding carboxylic acids is 1. The van der Waals surface area contributed by atoms with Crippen LogP contribution >= 0.6 is 0 Å². The summed E-state index contributed by atoms with van der Waals surface area (Å²) in [6.07, 6.45) is 1.47. The lowest BCUT2D eigenvalue weighted by Crippen LogP contribution is -2.31. The molecule has 0 aromatic heterocycles. The van der Waals surface area contributed by atoms with Crippen LogP contribution in [0.15, 0.2) is 24.3 Å². The number of hydrogen-bond acceptors (Lipinski definition) is 3. The summed E-state index contributed by atoms with van der Waals surface area (Å²) < 4.78 is 11.3. The number of carbonyl (C=O) groups is 1. The van der Waals surface area contributed by atoms with Crippen LogP contribution in [0.25, 0.3) is 0 Å². The molecule has 3 heteroatoms. The summed E-state index contributed by atoms with van der Waals surface area (Å²) in [5.41, 5.74) is 0.693. The van der Waals surface area contributed by atoms with Gasteiger partial charge in [0.25, 0.3) is 0 Å². The average molecular weight is 278 g/mol. The summed E-state index contributed by atoms with van der Waals surface area (Å²) in [4.78, 5) is 11.9. The van der Waals surface area contributed by atoms with Gasteiger partial charge >= 0.3 is 5.97 Å². The molecule has 1 unspecified atom stereocenters. The van der Waals surface area contributed by atoms with Gasteiger partial charge in [-0.1, -0.05) is 32.0 Å². The van der Waals surface area contributed by atoms with Gasteiger partial charge < -0.3 is 9.47 Å². The molecule has 0 spiro atoms. The van der Waals surface area contributed by atoms with Gasteiger partial charge in [0.1, 0.15) is 18.5 Å². The van der Waals surface area contributed by atoms with Gasteiger partial charge in [-0.05, 0) is 45.2 Å². The molecule has 112 valence electrons. The smallest absolute Gasteiger partial charge is 0.311 e. The molecule has 1 atom stereocenters. The number of aryl methyl sites for hydroxylation is 1. The second kappa shape index (κ2) is 7.32. The molecule has 0 N–H and O–H groups in total. The van der Waals surface area contributed by atoms with Gasteiger partial charge in [-0.2, -0.15) is 0 Å². The molecule has 1 aromatic carbocycles. The quantitative estimate of drug-likeness (QED) is 0.738. The Morgan fingerprint density at radius 1 is 1.20 bits per heavy atom. The van der Waals surface area contributed by atoms with E-state index in [1.165, 1.54) is 5.56 Å². The summed E-state index contributed by atoms with van der Waals surface area (Å²) in [6, 6.07) is 7.97. The molecule has 0 aliphatic heterocycles. The standard InChI is InChI=1S/C17H26O3/c1-6-13-10-8-9-11-15(13)19-12-14(7-2)20-16(18)17(3,4)5/h8-11,14H,6-7,12H2,1-5H3. The molecule has 0 radical (unpaired) electrons. The number of para-hydroxylation sites is 1. The Hall–Kier alpha value is -1.51. The van der Waals surface area contributed by atoms with Crippen LogP contribution in [0, 0.1) is 5.41 Å². The normalized spacial score (nSPS) is 12.8. The van der Waals surface area contributed by atoms with E-state index in [1.54, 1.807) is 0 Å². The van der Waals surface area contributed by atoms with Crippen LogP contribution in [0.3, 0.4) is 0 Å². The van der Waals surface area contributed by atoms with Crippen LogP contribution in [0.5, 0.6) is 5.75 Å². The summed E-state index contributed by atoms with van der Waals surface area (Å²) in [7, 11) is 0. The highest BCUT2D eigenvalue weighted by molar-refractivity contribution is 5.75. The van der Waals surface area contributed by atoms with E-state index in [4.69, 9.17) is 9.47 Å². The van der Waals surface area contributed by atoms with Gasteiger partial charge in [0.05, 0.1) is 5.41 Å². The highest BCUT2D eigenvalue weighted by atomic mass is 16.6. The minimum atomic E-state index is -0.477. The van der Waals surface area contributed by atoms with E-state index in [-0.39, 0.29) is 12.1 Å². The molecule has 3 nitrogen and oxygen atoms in total. The summed E-state index contributed by atoms with van der Waals surface area (Å²) in [5.74, 6) is 0.692. The Kier molecular flexibility index (Phi) is 6.05. The zero-order chi connectivity index (χ0) is 15.2. The number of rotatable bonds is 6. The van der Waals surface area contributed by atoms with Crippen molar-refractivity contribution in [3.8, 4) is 5.75 Å². The first-order valence-electron chi connectivity index (χ1n) is 7.30. The highest BCUT2D eigenvalue weighted by Gasteiger charge is 2.26. The highest BCUT2D eigenvalue weighted by Crippen LogP contribution is 2.20. The molecule has 0 heterocycles. The molecular weight excluding hydrogens is 252 g/mol. The lowest BCUT2D eigenvalue weighted by Gasteiger charge is -2.23. The van der Waals surface area contributed by atoms with Crippen molar-refractivity contribution in [3.05, 3.63) is 29.8 Å². The molecule has 20 heavy (non-hydrogen) atoms. The number of hydrogen-bond donors (Lipinski definition) is 0. The van der Waals surface area contributed by atoms with Crippen LogP contribution in [-0.2, 0) is 16.0 Å². The van der Waals surface area contributed by atoms with E-state index < -0.39 is 5.41 Å². The first kappa shape index (κ1) is 16.5. The lowest BCUT2D eigenvalue weighted by molar-refractivity contribution is -0.160. The van der Waals surface area contributed by atoms with E-state index in [0.29, 0.717) is 6.61 Å². The van der Waals surface area contributed by atoms with E-state index in [2.05, 4.69) is 13.0 Å². The second-order valence-corrected chi connectivity index (χ2v) is 5.96. The lowest BCUT2D eigenvalue weighted by atomic mass is 9.97. The van der Waals surface area contributed by atoms with Crippen molar-refractivity contribution in [1.29, 1.82) is 0 Å². The molecule has 1 aromatic rings. The van der Waals surface area contributed by atoms with Crippen LogP contribution in [0.1, 0.15) is 46.6 Å². The average Bonchev–Trinajstić information content (AvgIpc) is 2.42. The monoisotopic (exact) mass is 278 g/mol. The van der Waals surface area contributed by atoms with Gasteiger partial charge in [0.15, 0.2) is 0 Å². The number of benzene rings is 1. The third-order valence-corrected chi connectivity index (χ3v) is 3.12. The Bertz CT molecular complexity index is 432. The summed E-state index contributed by atoms with van der Waals surface area (Å²) in [5, 5.41) is 0. The predicted molar refractivity (Wildman–Crippen MR) is 80.9 cm³/mol. The Labute approximate surface area is 122 Å². The van der Waals surface area contributed by atoms with E-state index in [1.807, 2.05) is 45.9 Å². The molecule has 0 aliphatic carbocycles. The Morgan fingerprint density at radius 2 is 1.85 bits per heavy atom. The van der Waals surface area contributed by atoms with Crippen molar-refractivity contribution < 1.29 is 14.3 Å². The molecule has 0 aliphatic rings. The Balaban J connectivity index is 2.59. The molecule has 1 rings (SSSR count). The summed E-state index contributed by atoms with van der Waals surface area (Å²) in [6.45, 7) is 10.1. The molecule has 0 saturated heterocycles. The number of ether oxygens (including phenoxy) is 2. The largest absolute Gasteiger partial charge is 0.489 e. The van der Waals surface area contributed by atoms with Gasteiger partial charge in [0, 0.05) is 0 Å². The van der Waals surface area contributed by atoms with Crippen molar-refractivity contribution in [2.45, 2.75) is 53.6 Å². The fourth-order valence-corrected chi connectivity index (χ4v) is 1.68. The van der Waals surface area contributed by atoms with Crippen molar-refractivity contribution >= 4 is 5.97 Å². The maximum atomic E-state index is 11.9. The molecule has 0 amide bonds. The van der Waals surface area contributed by atoms with Crippen LogP contribution in [0.4, 0.5) is 0 Å². The topological polar surface area (TPSA) is 35.5 Å². The van der Waals surface area contributed by atoms with Crippen LogP contribution in [-0.4, -0.2) is 18.7 Å². The van der Waals surface area contributed by atoms with E-state index in [0.717, 1.165) is 18.6 Å². The van der Waals surface area contributed by atoms with Gasteiger partial charge in [-0.3, -0.25) is 4.79 Å². The fraction of sp³-hybridized carbons (Fsp3) is 0.588. The fourth-order valence-electron chi connectivity index (χ4n) is 1.68. The minimum Gasteiger partial charge on any atom is -0.489 e. The zero-order valence-corrected chi connectivity index (χ0v) is 13.2. The van der Waals surface area contributed by atoms with Crippen LogP contribution in [0.2, 0.25) is 0 Å². The van der Waals surface area contributed by atoms with Gasteiger partial charge in [-0.25, -0.2) is 0 Å². The van der Waals surface area contributed by atoms with Gasteiger partial charge in [0.2, 0.25) is 0 Å².